The average Bonchev–Trinajstić information content (AvgIpc) is 2.38. The van der Waals surface area contributed by atoms with Gasteiger partial charge in [-0.1, -0.05) is 35.9 Å². The summed E-state index contributed by atoms with van der Waals surface area (Å²) in [5.74, 6) is -0.336. The number of ether oxygens (including phenoxy) is 1. The van der Waals surface area contributed by atoms with Crippen molar-refractivity contribution < 1.29 is 9.13 Å². The van der Waals surface area contributed by atoms with Crippen molar-refractivity contribution in [2.45, 2.75) is 13.2 Å². The van der Waals surface area contributed by atoms with Gasteiger partial charge in [0.05, 0.1) is 17.3 Å². The molecule has 0 saturated carbocycles. The maximum atomic E-state index is 12.9. The van der Waals surface area contributed by atoms with Crippen LogP contribution in [0.15, 0.2) is 42.5 Å². The Hall–Kier alpha value is -1.58. The Kier molecular flexibility index (Phi) is 4.77. The molecule has 19 heavy (non-hydrogen) atoms. The number of hydrogen-bond acceptors (Lipinski definition) is 2. The largest absolute Gasteiger partial charge is 0.380 e. The molecular formula is C15H15ClFNO. The second-order valence-corrected chi connectivity index (χ2v) is 4.64. The number of methoxy groups -OCH3 is 1. The van der Waals surface area contributed by atoms with Crippen molar-refractivity contribution in [2.75, 3.05) is 12.4 Å². The normalized spacial score (nSPS) is 10.5. The van der Waals surface area contributed by atoms with Crippen LogP contribution in [0, 0.1) is 5.82 Å². The lowest BCUT2D eigenvalue weighted by molar-refractivity contribution is 0.185. The van der Waals surface area contributed by atoms with Gasteiger partial charge < -0.3 is 10.1 Å². The molecule has 2 nitrogen and oxygen atoms in total. The highest BCUT2D eigenvalue weighted by atomic mass is 35.5. The lowest BCUT2D eigenvalue weighted by Crippen LogP contribution is -2.01. The predicted molar refractivity (Wildman–Crippen MR) is 75.9 cm³/mol. The number of benzene rings is 2. The van der Waals surface area contributed by atoms with Crippen LogP contribution in [0.25, 0.3) is 0 Å². The van der Waals surface area contributed by atoms with Gasteiger partial charge in [0, 0.05) is 13.7 Å². The van der Waals surface area contributed by atoms with E-state index in [9.17, 15) is 4.39 Å². The van der Waals surface area contributed by atoms with E-state index in [-0.39, 0.29) is 5.82 Å². The van der Waals surface area contributed by atoms with E-state index in [0.717, 1.165) is 16.8 Å². The van der Waals surface area contributed by atoms with Crippen LogP contribution in [0.5, 0.6) is 0 Å². The average molecular weight is 280 g/mol. The summed E-state index contributed by atoms with van der Waals surface area (Å²) in [6.07, 6.45) is 0. The van der Waals surface area contributed by atoms with E-state index in [0.29, 0.717) is 18.2 Å². The monoisotopic (exact) mass is 279 g/mol. The number of hydrogen-bond donors (Lipinski definition) is 1. The molecule has 0 spiro atoms. The van der Waals surface area contributed by atoms with Crippen molar-refractivity contribution in [3.8, 4) is 0 Å². The van der Waals surface area contributed by atoms with E-state index in [1.807, 2.05) is 18.2 Å². The van der Waals surface area contributed by atoms with Crippen molar-refractivity contribution >= 4 is 17.3 Å². The third kappa shape index (κ3) is 3.94. The molecule has 1 N–H and O–H groups in total. The van der Waals surface area contributed by atoms with Gasteiger partial charge in [0.25, 0.3) is 0 Å². The summed E-state index contributed by atoms with van der Waals surface area (Å²) in [6.45, 7) is 1.22. The highest BCUT2D eigenvalue weighted by molar-refractivity contribution is 6.33. The molecule has 0 heterocycles. The van der Waals surface area contributed by atoms with Crippen LogP contribution in [0.4, 0.5) is 10.1 Å². The smallest absolute Gasteiger partial charge is 0.124 e. The van der Waals surface area contributed by atoms with E-state index in [1.165, 1.54) is 12.1 Å². The lowest BCUT2D eigenvalue weighted by Gasteiger charge is -2.09. The predicted octanol–water partition coefficient (Wildman–Crippen LogP) is 4.24. The van der Waals surface area contributed by atoms with Gasteiger partial charge in [-0.25, -0.2) is 4.39 Å². The first-order valence-electron chi connectivity index (χ1n) is 5.94. The summed E-state index contributed by atoms with van der Waals surface area (Å²) in [4.78, 5) is 0. The van der Waals surface area contributed by atoms with Gasteiger partial charge in [-0.2, -0.15) is 0 Å². The molecule has 0 atom stereocenters. The first-order chi connectivity index (χ1) is 9.19. The summed E-state index contributed by atoms with van der Waals surface area (Å²) >= 11 is 5.95. The van der Waals surface area contributed by atoms with Crippen molar-refractivity contribution in [1.29, 1.82) is 0 Å². The van der Waals surface area contributed by atoms with Gasteiger partial charge >= 0.3 is 0 Å². The highest BCUT2D eigenvalue weighted by Crippen LogP contribution is 2.23. The third-order valence-electron chi connectivity index (χ3n) is 2.72. The van der Waals surface area contributed by atoms with E-state index in [4.69, 9.17) is 16.3 Å². The zero-order valence-electron chi connectivity index (χ0n) is 10.6. The second-order valence-electron chi connectivity index (χ2n) is 4.23. The van der Waals surface area contributed by atoms with Crippen molar-refractivity contribution in [3.05, 3.63) is 64.4 Å². The Morgan fingerprint density at radius 3 is 2.68 bits per heavy atom. The van der Waals surface area contributed by atoms with Gasteiger partial charge in [-0.05, 0) is 29.3 Å². The van der Waals surface area contributed by atoms with E-state index in [1.54, 1.807) is 13.2 Å². The van der Waals surface area contributed by atoms with Gasteiger partial charge in [0.2, 0.25) is 0 Å². The Bertz CT molecular complexity index is 560. The fraction of sp³-hybridized carbons (Fsp3) is 0.200. The van der Waals surface area contributed by atoms with E-state index >= 15 is 0 Å². The first kappa shape index (κ1) is 13.8. The van der Waals surface area contributed by atoms with Crippen LogP contribution in [0.2, 0.25) is 5.02 Å². The van der Waals surface area contributed by atoms with E-state index in [2.05, 4.69) is 11.4 Å². The van der Waals surface area contributed by atoms with Crippen molar-refractivity contribution in [2.24, 2.45) is 0 Å². The van der Waals surface area contributed by atoms with Crippen LogP contribution >= 0.6 is 11.6 Å². The summed E-state index contributed by atoms with van der Waals surface area (Å²) < 4.78 is 18.0. The third-order valence-corrected chi connectivity index (χ3v) is 3.03. The molecule has 0 bridgehead atoms. The molecule has 2 rings (SSSR count). The molecule has 0 aliphatic rings. The van der Waals surface area contributed by atoms with Gasteiger partial charge in [-0.15, -0.1) is 0 Å². The number of halogens is 2. The SMILES string of the molecule is COCc1cccc(CNc2ccc(F)cc2Cl)c1. The van der Waals surface area contributed by atoms with Crippen LogP contribution in [0.1, 0.15) is 11.1 Å². The minimum absolute atomic E-state index is 0.336. The Balaban J connectivity index is 2.03. The summed E-state index contributed by atoms with van der Waals surface area (Å²) in [5, 5.41) is 3.57. The molecule has 0 aliphatic carbocycles. The molecule has 0 amide bonds. The van der Waals surface area contributed by atoms with Crippen molar-refractivity contribution in [3.63, 3.8) is 0 Å². The summed E-state index contributed by atoms with van der Waals surface area (Å²) in [7, 11) is 1.67. The molecule has 0 fully saturated rings. The molecular weight excluding hydrogens is 265 g/mol. The lowest BCUT2D eigenvalue weighted by atomic mass is 10.1. The number of anilines is 1. The van der Waals surface area contributed by atoms with Gasteiger partial charge in [0.1, 0.15) is 5.82 Å². The molecule has 4 heteroatoms. The Morgan fingerprint density at radius 1 is 1.16 bits per heavy atom. The molecule has 100 valence electrons. The van der Waals surface area contributed by atoms with E-state index < -0.39 is 0 Å². The quantitative estimate of drug-likeness (QED) is 0.884. The summed E-state index contributed by atoms with van der Waals surface area (Å²) in [6, 6.07) is 12.4. The summed E-state index contributed by atoms with van der Waals surface area (Å²) in [5.41, 5.74) is 2.96. The molecule has 0 saturated heterocycles. The van der Waals surface area contributed by atoms with Gasteiger partial charge in [-0.3, -0.25) is 0 Å². The van der Waals surface area contributed by atoms with Crippen LogP contribution in [-0.2, 0) is 17.9 Å². The van der Waals surface area contributed by atoms with Crippen LogP contribution < -0.4 is 5.32 Å². The zero-order valence-corrected chi connectivity index (χ0v) is 11.4. The minimum atomic E-state index is -0.336. The first-order valence-corrected chi connectivity index (χ1v) is 6.32. The van der Waals surface area contributed by atoms with Crippen LogP contribution in [0.3, 0.4) is 0 Å². The highest BCUT2D eigenvalue weighted by Gasteiger charge is 2.02. The maximum Gasteiger partial charge on any atom is 0.124 e. The molecule has 2 aromatic carbocycles. The molecule has 2 aromatic rings. The van der Waals surface area contributed by atoms with Gasteiger partial charge in [0.15, 0.2) is 0 Å². The van der Waals surface area contributed by atoms with Crippen molar-refractivity contribution in [1.82, 2.24) is 0 Å². The standard InChI is InChI=1S/C15H15ClFNO/c1-19-10-12-4-2-3-11(7-12)9-18-15-6-5-13(17)8-14(15)16/h2-8,18H,9-10H2,1H3. The minimum Gasteiger partial charge on any atom is -0.380 e. The topological polar surface area (TPSA) is 21.3 Å². The Morgan fingerprint density at radius 2 is 1.95 bits per heavy atom. The molecule has 0 aliphatic heterocycles. The maximum absolute atomic E-state index is 12.9. The Labute approximate surface area is 117 Å². The molecule has 0 unspecified atom stereocenters. The number of nitrogens with one attached hydrogen (secondary N) is 1. The number of rotatable bonds is 5. The molecule has 0 radical (unpaired) electrons. The second kappa shape index (κ2) is 6.55. The molecule has 0 aromatic heterocycles. The zero-order chi connectivity index (χ0) is 13.7. The fourth-order valence-corrected chi connectivity index (χ4v) is 2.06. The van der Waals surface area contributed by atoms with Crippen LogP contribution in [-0.4, -0.2) is 7.11 Å². The fourth-order valence-electron chi connectivity index (χ4n) is 1.83.